The van der Waals surface area contributed by atoms with Gasteiger partial charge >= 0.3 is 0 Å². The van der Waals surface area contributed by atoms with Crippen molar-refractivity contribution < 1.29 is 28.3 Å². The maximum absolute atomic E-state index is 13.9. The van der Waals surface area contributed by atoms with Crippen LogP contribution in [0.3, 0.4) is 0 Å². The van der Waals surface area contributed by atoms with Crippen molar-refractivity contribution >= 4 is 33.4 Å². The summed E-state index contributed by atoms with van der Waals surface area (Å²) >= 11 is 0. The second kappa shape index (κ2) is 12.1. The molecule has 0 spiro atoms. The number of nitrogens with one attached hydrogen (secondary N) is 1. The Bertz CT molecular complexity index is 2090. The van der Waals surface area contributed by atoms with Crippen LogP contribution in [0.25, 0.3) is 38.6 Å². The second-order valence-electron chi connectivity index (χ2n) is 10.4. The number of hydrogen-bond acceptors (Lipinski definition) is 8. The normalized spacial score (nSPS) is 11.0. The molecule has 0 fully saturated rings. The molecule has 1 N–H and O–H groups in total. The first-order chi connectivity index (χ1) is 21.8. The predicted octanol–water partition coefficient (Wildman–Crippen LogP) is 6.32. The summed E-state index contributed by atoms with van der Waals surface area (Å²) in [5.74, 6) is 2.22. The maximum Gasteiger partial charge on any atom is 0.268 e. The molecule has 10 nitrogen and oxygen atoms in total. The number of hydrogen-bond donors (Lipinski definition) is 1. The van der Waals surface area contributed by atoms with Crippen molar-refractivity contribution in [2.45, 2.75) is 13.3 Å². The van der Waals surface area contributed by atoms with Crippen LogP contribution in [0.1, 0.15) is 11.3 Å². The van der Waals surface area contributed by atoms with Crippen molar-refractivity contribution in [3.63, 3.8) is 0 Å². The minimum absolute atomic E-state index is 0.0628. The third-order valence-electron chi connectivity index (χ3n) is 7.68. The van der Waals surface area contributed by atoms with Crippen LogP contribution in [0, 0.1) is 6.92 Å². The summed E-state index contributed by atoms with van der Waals surface area (Å²) < 4.78 is 28.6. The highest BCUT2D eigenvalue weighted by atomic mass is 16.5. The Morgan fingerprint density at radius 2 is 1.56 bits per heavy atom. The lowest BCUT2D eigenvalue weighted by Crippen LogP contribution is -2.20. The monoisotopic (exact) mass is 605 g/mol. The number of methoxy groups -OCH3 is 4. The van der Waals surface area contributed by atoms with E-state index >= 15 is 0 Å². The van der Waals surface area contributed by atoms with Gasteiger partial charge in [0.25, 0.3) is 5.56 Å². The Kier molecular flexibility index (Phi) is 7.87. The zero-order chi connectivity index (χ0) is 31.7. The maximum atomic E-state index is 13.9. The molecular formula is C35H31N3O7. The summed E-state index contributed by atoms with van der Waals surface area (Å²) in [5, 5.41) is 8.31. The highest BCUT2D eigenvalue weighted by molar-refractivity contribution is 6.06. The molecule has 0 radical (unpaired) electrons. The fourth-order valence-corrected chi connectivity index (χ4v) is 5.52. The molecule has 0 saturated carbocycles. The average molecular weight is 606 g/mol. The van der Waals surface area contributed by atoms with E-state index in [1.54, 1.807) is 30.7 Å². The van der Waals surface area contributed by atoms with Gasteiger partial charge in [-0.15, -0.1) is 0 Å². The molecule has 6 aromatic rings. The number of anilines is 1. The van der Waals surface area contributed by atoms with E-state index in [0.29, 0.717) is 50.8 Å². The summed E-state index contributed by atoms with van der Waals surface area (Å²) in [4.78, 5) is 27.1. The van der Waals surface area contributed by atoms with Gasteiger partial charge in [0.05, 0.1) is 40.4 Å². The smallest absolute Gasteiger partial charge is 0.268 e. The Morgan fingerprint density at radius 3 is 2.22 bits per heavy atom. The van der Waals surface area contributed by atoms with Gasteiger partial charge in [0.15, 0.2) is 11.5 Å². The molecule has 6 rings (SSSR count). The van der Waals surface area contributed by atoms with Crippen LogP contribution in [-0.2, 0) is 11.2 Å². The molecule has 0 bridgehead atoms. The Labute approximate surface area is 258 Å². The van der Waals surface area contributed by atoms with Gasteiger partial charge in [-0.3, -0.25) is 14.2 Å². The average Bonchev–Trinajstić information content (AvgIpc) is 3.46. The van der Waals surface area contributed by atoms with Crippen molar-refractivity contribution in [1.82, 2.24) is 9.72 Å². The highest BCUT2D eigenvalue weighted by Crippen LogP contribution is 2.40. The van der Waals surface area contributed by atoms with E-state index in [1.807, 2.05) is 66.7 Å². The van der Waals surface area contributed by atoms with E-state index in [9.17, 15) is 9.59 Å². The van der Waals surface area contributed by atoms with Crippen LogP contribution in [0.15, 0.2) is 88.2 Å². The van der Waals surface area contributed by atoms with E-state index in [0.717, 1.165) is 27.8 Å². The zero-order valence-electron chi connectivity index (χ0n) is 25.5. The zero-order valence-corrected chi connectivity index (χ0v) is 25.5. The summed E-state index contributed by atoms with van der Waals surface area (Å²) in [6.07, 6.45) is 0.0628. The van der Waals surface area contributed by atoms with Gasteiger partial charge in [0.2, 0.25) is 11.7 Å². The summed E-state index contributed by atoms with van der Waals surface area (Å²) in [6, 6.07) is 24.3. The van der Waals surface area contributed by atoms with Crippen molar-refractivity contribution in [3.8, 4) is 39.8 Å². The number of ether oxygens (including phenoxy) is 4. The second-order valence-corrected chi connectivity index (χ2v) is 10.4. The number of rotatable bonds is 9. The SMILES string of the molecule is COc1ccc(-c2ccc3c(c2)c2noc(C)c2c(=O)n3-c2cccc(CC(=O)Nc3cc(OC)c(OC)c(OC)c3)c2)cc1. The van der Waals surface area contributed by atoms with E-state index in [2.05, 4.69) is 10.5 Å². The number of benzene rings is 4. The minimum Gasteiger partial charge on any atom is -0.497 e. The molecule has 228 valence electrons. The predicted molar refractivity (Wildman–Crippen MR) is 172 cm³/mol. The van der Waals surface area contributed by atoms with Crippen LogP contribution < -0.4 is 29.8 Å². The van der Waals surface area contributed by atoms with Crippen molar-refractivity contribution in [2.24, 2.45) is 0 Å². The molecule has 2 aromatic heterocycles. The summed E-state index contributed by atoms with van der Waals surface area (Å²) in [5.41, 5.74) is 4.68. The lowest BCUT2D eigenvalue weighted by atomic mass is 10.0. The van der Waals surface area contributed by atoms with Gasteiger partial charge in [0.1, 0.15) is 22.4 Å². The fraction of sp³-hybridized carbons (Fsp3) is 0.171. The number of aryl methyl sites for hydroxylation is 1. The molecule has 0 atom stereocenters. The first-order valence-corrected chi connectivity index (χ1v) is 14.1. The van der Waals surface area contributed by atoms with Gasteiger partial charge in [-0.1, -0.05) is 35.5 Å². The quantitative estimate of drug-likeness (QED) is 0.204. The van der Waals surface area contributed by atoms with Crippen LogP contribution in [0.2, 0.25) is 0 Å². The Balaban J connectivity index is 1.38. The lowest BCUT2D eigenvalue weighted by Gasteiger charge is -2.15. The van der Waals surface area contributed by atoms with E-state index in [-0.39, 0.29) is 17.9 Å². The number of fused-ring (bicyclic) bond motifs is 3. The minimum atomic E-state index is -0.257. The largest absolute Gasteiger partial charge is 0.497 e. The van der Waals surface area contributed by atoms with E-state index < -0.39 is 0 Å². The van der Waals surface area contributed by atoms with Crippen LogP contribution >= 0.6 is 0 Å². The van der Waals surface area contributed by atoms with Gasteiger partial charge in [-0.05, 0) is 60.0 Å². The van der Waals surface area contributed by atoms with Gasteiger partial charge in [-0.2, -0.15) is 0 Å². The van der Waals surface area contributed by atoms with Crippen LogP contribution in [0.5, 0.6) is 23.0 Å². The van der Waals surface area contributed by atoms with Crippen molar-refractivity contribution in [3.05, 3.63) is 101 Å². The Morgan fingerprint density at radius 1 is 0.844 bits per heavy atom. The molecule has 0 unspecified atom stereocenters. The molecule has 1 amide bonds. The van der Waals surface area contributed by atoms with Crippen molar-refractivity contribution in [1.29, 1.82) is 0 Å². The molecule has 10 heteroatoms. The molecular weight excluding hydrogens is 574 g/mol. The van der Waals surface area contributed by atoms with Crippen LogP contribution in [0.4, 0.5) is 5.69 Å². The molecule has 45 heavy (non-hydrogen) atoms. The molecule has 4 aromatic carbocycles. The highest BCUT2D eigenvalue weighted by Gasteiger charge is 2.20. The number of carbonyl (C=O) groups is 1. The number of aromatic nitrogens is 2. The van der Waals surface area contributed by atoms with Crippen molar-refractivity contribution in [2.75, 3.05) is 33.8 Å². The van der Waals surface area contributed by atoms with E-state index in [4.69, 9.17) is 23.5 Å². The molecule has 0 aliphatic heterocycles. The fourth-order valence-electron chi connectivity index (χ4n) is 5.52. The topological polar surface area (TPSA) is 114 Å². The van der Waals surface area contributed by atoms with Gasteiger partial charge in [0, 0.05) is 28.9 Å². The van der Waals surface area contributed by atoms with Gasteiger partial charge < -0.3 is 28.8 Å². The Hall–Kier alpha value is -5.77. The number of nitrogens with zero attached hydrogens (tertiary/aromatic N) is 2. The number of pyridine rings is 1. The third kappa shape index (κ3) is 5.42. The number of amides is 1. The first kappa shape index (κ1) is 29.3. The summed E-state index contributed by atoms with van der Waals surface area (Å²) in [7, 11) is 6.17. The van der Waals surface area contributed by atoms with E-state index in [1.165, 1.54) is 21.3 Å². The molecule has 2 heterocycles. The molecule has 0 aliphatic carbocycles. The lowest BCUT2D eigenvalue weighted by molar-refractivity contribution is -0.115. The molecule has 0 aliphatic rings. The van der Waals surface area contributed by atoms with Crippen LogP contribution in [-0.4, -0.2) is 44.1 Å². The standard InChI is InChI=1S/C35H31N3O7/c1-20-32-33(37-45-20)27-17-23(22-9-12-26(41-2)13-10-22)11-14-28(27)38(35(32)40)25-8-6-7-21(15-25)16-31(39)36-24-18-29(42-3)34(44-5)30(19-24)43-4/h6-15,17-19H,16H2,1-5H3,(H,36,39). The molecule has 0 saturated heterocycles. The first-order valence-electron chi connectivity index (χ1n) is 14.1. The van der Waals surface area contributed by atoms with Gasteiger partial charge in [-0.25, -0.2) is 0 Å². The third-order valence-corrected chi connectivity index (χ3v) is 7.68. The summed E-state index contributed by atoms with van der Waals surface area (Å²) in [6.45, 7) is 1.73. The number of carbonyl (C=O) groups excluding carboxylic acids is 1.